The second-order valence-corrected chi connectivity index (χ2v) is 4.15. The normalized spacial score (nSPS) is 11.2. The summed E-state index contributed by atoms with van der Waals surface area (Å²) in [7, 11) is 1.24. The van der Waals surface area contributed by atoms with E-state index < -0.39 is 17.9 Å². The lowest BCUT2D eigenvalue weighted by atomic mass is 10.1. The van der Waals surface area contributed by atoms with Crippen molar-refractivity contribution in [3.05, 3.63) is 29.8 Å². The van der Waals surface area contributed by atoms with Crippen LogP contribution in [0, 0.1) is 11.3 Å². The number of carbonyl (C=O) groups is 2. The molecule has 6 heteroatoms. The number of nitrogens with one attached hydrogen (secondary N) is 1. The van der Waals surface area contributed by atoms with Gasteiger partial charge < -0.3 is 15.2 Å². The zero-order valence-electron chi connectivity index (χ0n) is 11.1. The number of hydrogen-bond donors (Lipinski definition) is 2. The first-order valence-corrected chi connectivity index (χ1v) is 6.13. The van der Waals surface area contributed by atoms with Gasteiger partial charge in [0.25, 0.3) is 5.91 Å². The molecular weight excluding hydrogens is 260 g/mol. The molecule has 0 aliphatic rings. The molecule has 0 heterocycles. The van der Waals surface area contributed by atoms with E-state index in [2.05, 4.69) is 10.1 Å². The Labute approximate surface area is 117 Å². The monoisotopic (exact) mass is 276 g/mol. The largest absolute Gasteiger partial charge is 0.508 e. The molecule has 0 aliphatic carbocycles. The standard InChI is InChI=1S/C14H16N2O4/c1-20-14(19)12(4-2-3-9-15)16-13(18)10-5-7-11(17)8-6-10/h5-8,12,17H,2-4H2,1H3,(H,16,18)/t12-/m0/s1. The third-order valence-corrected chi connectivity index (χ3v) is 2.70. The zero-order chi connectivity index (χ0) is 15.0. The quantitative estimate of drug-likeness (QED) is 0.603. The fourth-order valence-electron chi connectivity index (χ4n) is 1.63. The van der Waals surface area contributed by atoms with Crippen molar-refractivity contribution in [2.45, 2.75) is 25.3 Å². The van der Waals surface area contributed by atoms with Crippen molar-refractivity contribution < 1.29 is 19.4 Å². The fraction of sp³-hybridized carbons (Fsp3) is 0.357. The molecule has 1 amide bonds. The van der Waals surface area contributed by atoms with E-state index in [1.54, 1.807) is 0 Å². The van der Waals surface area contributed by atoms with Gasteiger partial charge in [-0.3, -0.25) is 4.79 Å². The van der Waals surface area contributed by atoms with Crippen LogP contribution >= 0.6 is 0 Å². The van der Waals surface area contributed by atoms with Gasteiger partial charge in [-0.2, -0.15) is 5.26 Å². The Morgan fingerprint density at radius 2 is 2.05 bits per heavy atom. The van der Waals surface area contributed by atoms with Gasteiger partial charge in [0.15, 0.2) is 0 Å². The number of carbonyl (C=O) groups excluding carboxylic acids is 2. The van der Waals surface area contributed by atoms with Crippen LogP contribution in [0.2, 0.25) is 0 Å². The Morgan fingerprint density at radius 1 is 1.40 bits per heavy atom. The van der Waals surface area contributed by atoms with Crippen molar-refractivity contribution in [1.82, 2.24) is 5.32 Å². The van der Waals surface area contributed by atoms with Gasteiger partial charge in [-0.25, -0.2) is 4.79 Å². The summed E-state index contributed by atoms with van der Waals surface area (Å²) < 4.78 is 4.62. The minimum absolute atomic E-state index is 0.0556. The second-order valence-electron chi connectivity index (χ2n) is 4.15. The van der Waals surface area contributed by atoms with Crippen LogP contribution in [0.1, 0.15) is 29.6 Å². The molecule has 0 unspecified atom stereocenters. The summed E-state index contributed by atoms with van der Waals surface area (Å²) >= 11 is 0. The Morgan fingerprint density at radius 3 is 2.60 bits per heavy atom. The van der Waals surface area contributed by atoms with Crippen molar-refractivity contribution in [3.8, 4) is 11.8 Å². The number of phenols is 1. The number of amides is 1. The zero-order valence-corrected chi connectivity index (χ0v) is 11.1. The number of nitriles is 1. The predicted octanol–water partition coefficient (Wildman–Crippen LogP) is 1.36. The number of methoxy groups -OCH3 is 1. The van der Waals surface area contributed by atoms with Gasteiger partial charge in [0.05, 0.1) is 13.2 Å². The molecule has 0 saturated heterocycles. The van der Waals surface area contributed by atoms with Crippen LogP contribution in [-0.2, 0) is 9.53 Å². The lowest BCUT2D eigenvalue weighted by Crippen LogP contribution is -2.41. The van der Waals surface area contributed by atoms with E-state index in [1.807, 2.05) is 6.07 Å². The minimum atomic E-state index is -0.783. The predicted molar refractivity (Wildman–Crippen MR) is 70.8 cm³/mol. The average molecular weight is 276 g/mol. The molecule has 6 nitrogen and oxygen atoms in total. The van der Waals surface area contributed by atoms with E-state index in [-0.39, 0.29) is 5.75 Å². The highest BCUT2D eigenvalue weighted by molar-refractivity contribution is 5.96. The maximum Gasteiger partial charge on any atom is 0.328 e. The number of benzene rings is 1. The molecule has 0 saturated carbocycles. The van der Waals surface area contributed by atoms with Crippen LogP contribution in [0.15, 0.2) is 24.3 Å². The molecule has 0 radical (unpaired) electrons. The van der Waals surface area contributed by atoms with Crippen LogP contribution in [0.4, 0.5) is 0 Å². The van der Waals surface area contributed by atoms with Crippen molar-refractivity contribution in [3.63, 3.8) is 0 Å². The molecule has 20 heavy (non-hydrogen) atoms. The molecule has 0 spiro atoms. The van der Waals surface area contributed by atoms with Gasteiger partial charge in [0.2, 0.25) is 0 Å². The maximum absolute atomic E-state index is 12.0. The molecule has 1 atom stereocenters. The van der Waals surface area contributed by atoms with Crippen molar-refractivity contribution in [2.24, 2.45) is 0 Å². The topological polar surface area (TPSA) is 99.4 Å². The first-order valence-electron chi connectivity index (χ1n) is 6.13. The first kappa shape index (κ1) is 15.5. The van der Waals surface area contributed by atoms with E-state index >= 15 is 0 Å². The SMILES string of the molecule is COC(=O)[C@H](CCCC#N)NC(=O)c1ccc(O)cc1. The number of nitrogens with zero attached hydrogens (tertiary/aromatic N) is 1. The number of phenolic OH excluding ortho intramolecular Hbond substituents is 1. The van der Waals surface area contributed by atoms with Crippen LogP contribution in [0.5, 0.6) is 5.75 Å². The summed E-state index contributed by atoms with van der Waals surface area (Å²) in [5, 5.41) is 20.2. The van der Waals surface area contributed by atoms with Crippen LogP contribution in [0.3, 0.4) is 0 Å². The highest BCUT2D eigenvalue weighted by Crippen LogP contribution is 2.10. The number of rotatable bonds is 6. The Balaban J connectivity index is 2.68. The fourth-order valence-corrected chi connectivity index (χ4v) is 1.63. The Kier molecular flexibility index (Phi) is 6.04. The van der Waals surface area contributed by atoms with Crippen LogP contribution < -0.4 is 5.32 Å². The van der Waals surface area contributed by atoms with Crippen LogP contribution in [0.25, 0.3) is 0 Å². The summed E-state index contributed by atoms with van der Waals surface area (Å²) in [4.78, 5) is 23.5. The van der Waals surface area contributed by atoms with E-state index in [1.165, 1.54) is 31.4 Å². The third-order valence-electron chi connectivity index (χ3n) is 2.70. The van der Waals surface area contributed by atoms with Crippen LogP contribution in [-0.4, -0.2) is 30.1 Å². The second kappa shape index (κ2) is 7.79. The van der Waals surface area contributed by atoms with E-state index in [0.29, 0.717) is 24.8 Å². The highest BCUT2D eigenvalue weighted by atomic mass is 16.5. The Hall–Kier alpha value is -2.55. The van der Waals surface area contributed by atoms with E-state index in [9.17, 15) is 9.59 Å². The van der Waals surface area contributed by atoms with E-state index in [4.69, 9.17) is 10.4 Å². The molecule has 1 rings (SSSR count). The lowest BCUT2D eigenvalue weighted by Gasteiger charge is -2.15. The average Bonchev–Trinajstić information content (AvgIpc) is 2.46. The molecule has 0 aromatic heterocycles. The summed E-state index contributed by atoms with van der Waals surface area (Å²) in [6.07, 6.45) is 1.14. The van der Waals surface area contributed by atoms with Gasteiger partial charge in [0.1, 0.15) is 11.8 Å². The molecule has 0 aliphatic heterocycles. The number of ether oxygens (including phenoxy) is 1. The van der Waals surface area contributed by atoms with E-state index in [0.717, 1.165) is 0 Å². The number of aromatic hydroxyl groups is 1. The number of esters is 1. The van der Waals surface area contributed by atoms with Gasteiger partial charge in [-0.1, -0.05) is 0 Å². The highest BCUT2D eigenvalue weighted by Gasteiger charge is 2.21. The molecular formula is C14H16N2O4. The molecule has 1 aromatic carbocycles. The minimum Gasteiger partial charge on any atom is -0.508 e. The lowest BCUT2D eigenvalue weighted by molar-refractivity contribution is -0.143. The van der Waals surface area contributed by atoms with Crippen molar-refractivity contribution >= 4 is 11.9 Å². The summed E-state index contributed by atoms with van der Waals surface area (Å²) in [6.45, 7) is 0. The maximum atomic E-state index is 12.0. The first-order chi connectivity index (χ1) is 9.58. The number of hydrogen-bond acceptors (Lipinski definition) is 5. The van der Waals surface area contributed by atoms with Gasteiger partial charge >= 0.3 is 5.97 Å². The third kappa shape index (κ3) is 4.61. The number of unbranched alkanes of at least 4 members (excludes halogenated alkanes) is 1. The summed E-state index contributed by atoms with van der Waals surface area (Å²) in [6, 6.07) is 6.87. The molecule has 106 valence electrons. The molecule has 0 fully saturated rings. The van der Waals surface area contributed by atoms with Gasteiger partial charge in [-0.05, 0) is 37.1 Å². The van der Waals surface area contributed by atoms with Crippen molar-refractivity contribution in [2.75, 3.05) is 7.11 Å². The van der Waals surface area contributed by atoms with Gasteiger partial charge in [-0.15, -0.1) is 0 Å². The summed E-state index contributed by atoms with van der Waals surface area (Å²) in [5.41, 5.74) is 0.331. The molecule has 1 aromatic rings. The smallest absolute Gasteiger partial charge is 0.328 e. The Bertz CT molecular complexity index is 505. The van der Waals surface area contributed by atoms with Gasteiger partial charge in [0, 0.05) is 12.0 Å². The van der Waals surface area contributed by atoms with Crippen molar-refractivity contribution in [1.29, 1.82) is 5.26 Å². The molecule has 2 N–H and O–H groups in total. The molecule has 0 bridgehead atoms. The summed E-state index contributed by atoms with van der Waals surface area (Å²) in [5.74, 6) is -0.924.